The molecule has 3 rings (SSSR count). The molecule has 1 atom stereocenters. The Kier molecular flexibility index (Phi) is 9.78. The Morgan fingerprint density at radius 3 is 2.41 bits per heavy atom. The second kappa shape index (κ2) is 13.0. The Balaban J connectivity index is 1.52. The zero-order valence-electron chi connectivity index (χ0n) is 19.9. The van der Waals surface area contributed by atoms with Crippen molar-refractivity contribution in [1.82, 2.24) is 0 Å². The zero-order chi connectivity index (χ0) is 22.6. The molecule has 0 aliphatic carbocycles. The summed E-state index contributed by atoms with van der Waals surface area (Å²) in [5.74, 6) is 0. The number of hydrogen-bond acceptors (Lipinski definition) is 1. The molecule has 1 heteroatoms. The lowest BCUT2D eigenvalue weighted by molar-refractivity contribution is 0.0566. The van der Waals surface area contributed by atoms with E-state index in [1.807, 2.05) is 6.08 Å². The lowest BCUT2D eigenvalue weighted by Gasteiger charge is -2.12. The second-order valence-electron chi connectivity index (χ2n) is 8.73. The van der Waals surface area contributed by atoms with E-state index in [1.54, 1.807) is 0 Å². The molecule has 0 saturated carbocycles. The quantitative estimate of drug-likeness (QED) is 0.196. The van der Waals surface area contributed by atoms with Crippen LogP contribution in [0.1, 0.15) is 63.5 Å². The van der Waals surface area contributed by atoms with E-state index < -0.39 is 0 Å². The average molecular weight is 427 g/mol. The van der Waals surface area contributed by atoms with E-state index in [-0.39, 0.29) is 0 Å². The summed E-state index contributed by atoms with van der Waals surface area (Å²) in [6.07, 6.45) is 14.9. The summed E-state index contributed by atoms with van der Waals surface area (Å²) in [5, 5.41) is 2.57. The highest BCUT2D eigenvalue weighted by Gasteiger charge is 2.02. The van der Waals surface area contributed by atoms with E-state index in [4.69, 9.17) is 4.74 Å². The molecule has 0 N–H and O–H groups in total. The number of fused-ring (bicyclic) bond motifs is 1. The molecule has 3 aromatic carbocycles. The monoisotopic (exact) mass is 426 g/mol. The van der Waals surface area contributed by atoms with Crippen LogP contribution in [0.15, 0.2) is 79.4 Å². The Morgan fingerprint density at radius 1 is 0.875 bits per heavy atom. The molecule has 1 nitrogen and oxygen atoms in total. The predicted molar refractivity (Wildman–Crippen MR) is 141 cm³/mol. The molecule has 0 spiro atoms. The van der Waals surface area contributed by atoms with Gasteiger partial charge in [-0.3, -0.25) is 0 Å². The summed E-state index contributed by atoms with van der Waals surface area (Å²) in [6, 6.07) is 22.3. The van der Waals surface area contributed by atoms with Crippen molar-refractivity contribution in [1.29, 1.82) is 0 Å². The highest BCUT2D eigenvalue weighted by molar-refractivity contribution is 5.89. The lowest BCUT2D eigenvalue weighted by Crippen LogP contribution is -2.08. The van der Waals surface area contributed by atoms with Gasteiger partial charge in [-0.05, 0) is 84.2 Å². The number of allylic oxidation sites excluding steroid dienone is 2. The molecule has 0 fully saturated rings. The third-order valence-electron chi connectivity index (χ3n) is 5.97. The van der Waals surface area contributed by atoms with Gasteiger partial charge < -0.3 is 4.74 Å². The highest BCUT2D eigenvalue weighted by Crippen LogP contribution is 2.26. The van der Waals surface area contributed by atoms with Crippen LogP contribution in [0.5, 0.6) is 0 Å². The van der Waals surface area contributed by atoms with Crippen molar-refractivity contribution in [2.24, 2.45) is 0 Å². The molecule has 0 saturated heterocycles. The fourth-order valence-electron chi connectivity index (χ4n) is 4.01. The van der Waals surface area contributed by atoms with Gasteiger partial charge in [0, 0.05) is 6.61 Å². The fraction of sp³-hybridized carbons (Fsp3) is 0.355. The molecule has 0 bridgehead atoms. The van der Waals surface area contributed by atoms with E-state index in [0.29, 0.717) is 6.10 Å². The van der Waals surface area contributed by atoms with Gasteiger partial charge >= 0.3 is 0 Å². The van der Waals surface area contributed by atoms with Crippen molar-refractivity contribution < 1.29 is 4.74 Å². The molecule has 1 unspecified atom stereocenters. The van der Waals surface area contributed by atoms with Crippen molar-refractivity contribution in [3.8, 4) is 11.1 Å². The lowest BCUT2D eigenvalue weighted by atomic mass is 9.98. The van der Waals surface area contributed by atoms with Gasteiger partial charge in [-0.25, -0.2) is 0 Å². The Labute approximate surface area is 194 Å². The third kappa shape index (κ3) is 7.50. The molecule has 0 aliphatic rings. The molecule has 0 aromatic heterocycles. The number of unbranched alkanes of at least 4 members (excludes halogenated alkanes) is 3. The fourth-order valence-corrected chi connectivity index (χ4v) is 4.01. The Bertz CT molecular complexity index is 997. The summed E-state index contributed by atoms with van der Waals surface area (Å²) in [5.41, 5.74) is 5.09. The first kappa shape index (κ1) is 24.0. The van der Waals surface area contributed by atoms with Crippen molar-refractivity contribution in [2.75, 3.05) is 6.61 Å². The van der Waals surface area contributed by atoms with Crippen molar-refractivity contribution in [3.63, 3.8) is 0 Å². The van der Waals surface area contributed by atoms with Gasteiger partial charge in [0.15, 0.2) is 0 Å². The molecular formula is C31H38O. The molecule has 0 radical (unpaired) electrons. The predicted octanol–water partition coefficient (Wildman–Crippen LogP) is 9.01. The van der Waals surface area contributed by atoms with Crippen LogP contribution in [0.2, 0.25) is 0 Å². The van der Waals surface area contributed by atoms with Crippen LogP contribution in [-0.4, -0.2) is 12.7 Å². The van der Waals surface area contributed by atoms with Crippen molar-refractivity contribution in [3.05, 3.63) is 90.5 Å². The standard InChI is InChI=1S/C31H38O/c1-4-6-10-22-32-25(3)12-8-7-9-13-27-16-19-31-24-30(21-20-29(31)23-27)28-17-14-26(11-5-2)15-18-28/h5,9,13-21,23-25H,2,4,6-8,10-12,22H2,1,3H3. The topological polar surface area (TPSA) is 9.23 Å². The number of hydrogen-bond donors (Lipinski definition) is 0. The van der Waals surface area contributed by atoms with E-state index >= 15 is 0 Å². The van der Waals surface area contributed by atoms with Crippen LogP contribution in [0, 0.1) is 0 Å². The average Bonchev–Trinajstić information content (AvgIpc) is 2.82. The Hall–Kier alpha value is -2.64. The van der Waals surface area contributed by atoms with Gasteiger partial charge in [-0.2, -0.15) is 0 Å². The minimum Gasteiger partial charge on any atom is -0.379 e. The molecular weight excluding hydrogens is 388 g/mol. The summed E-state index contributed by atoms with van der Waals surface area (Å²) < 4.78 is 5.89. The third-order valence-corrected chi connectivity index (χ3v) is 5.97. The van der Waals surface area contributed by atoms with Crippen LogP contribution >= 0.6 is 0 Å². The Morgan fingerprint density at radius 2 is 1.62 bits per heavy atom. The SMILES string of the molecule is C=CCc1ccc(-c2ccc3cc(C=CCCCC(C)OCCCCC)ccc3c2)cc1. The van der Waals surface area contributed by atoms with Crippen LogP contribution in [0.3, 0.4) is 0 Å². The zero-order valence-corrected chi connectivity index (χ0v) is 19.9. The number of benzene rings is 3. The first-order chi connectivity index (χ1) is 15.7. The van der Waals surface area contributed by atoms with E-state index in [9.17, 15) is 0 Å². The minimum absolute atomic E-state index is 0.369. The van der Waals surface area contributed by atoms with Crippen LogP contribution < -0.4 is 0 Å². The molecule has 168 valence electrons. The minimum atomic E-state index is 0.369. The van der Waals surface area contributed by atoms with Crippen LogP contribution in [0.4, 0.5) is 0 Å². The van der Waals surface area contributed by atoms with Crippen LogP contribution in [-0.2, 0) is 11.2 Å². The molecule has 32 heavy (non-hydrogen) atoms. The number of rotatable bonds is 13. The van der Waals surface area contributed by atoms with Gasteiger partial charge in [0.05, 0.1) is 6.10 Å². The maximum Gasteiger partial charge on any atom is 0.0547 e. The van der Waals surface area contributed by atoms with Gasteiger partial charge in [0.1, 0.15) is 0 Å². The van der Waals surface area contributed by atoms with Gasteiger partial charge in [-0.1, -0.05) is 86.5 Å². The smallest absolute Gasteiger partial charge is 0.0547 e. The van der Waals surface area contributed by atoms with Gasteiger partial charge in [0.25, 0.3) is 0 Å². The summed E-state index contributed by atoms with van der Waals surface area (Å²) in [6.45, 7) is 9.15. The number of ether oxygens (including phenoxy) is 1. The van der Waals surface area contributed by atoms with Gasteiger partial charge in [0.2, 0.25) is 0 Å². The summed E-state index contributed by atoms with van der Waals surface area (Å²) in [7, 11) is 0. The first-order valence-electron chi connectivity index (χ1n) is 12.2. The maximum atomic E-state index is 5.89. The van der Waals surface area contributed by atoms with E-state index in [2.05, 4.69) is 93.2 Å². The highest BCUT2D eigenvalue weighted by atomic mass is 16.5. The molecule has 0 heterocycles. The van der Waals surface area contributed by atoms with E-state index in [1.165, 1.54) is 58.7 Å². The normalized spacial score (nSPS) is 12.4. The van der Waals surface area contributed by atoms with Crippen molar-refractivity contribution >= 4 is 16.8 Å². The van der Waals surface area contributed by atoms with Crippen LogP contribution in [0.25, 0.3) is 28.0 Å². The van der Waals surface area contributed by atoms with E-state index in [0.717, 1.165) is 25.9 Å². The largest absolute Gasteiger partial charge is 0.379 e. The molecule has 0 aliphatic heterocycles. The van der Waals surface area contributed by atoms with Crippen molar-refractivity contribution in [2.45, 2.75) is 64.9 Å². The summed E-state index contributed by atoms with van der Waals surface area (Å²) in [4.78, 5) is 0. The molecule has 3 aromatic rings. The first-order valence-corrected chi connectivity index (χ1v) is 12.2. The second-order valence-corrected chi connectivity index (χ2v) is 8.73. The van der Waals surface area contributed by atoms with Gasteiger partial charge in [-0.15, -0.1) is 6.58 Å². The summed E-state index contributed by atoms with van der Waals surface area (Å²) >= 11 is 0. The maximum absolute atomic E-state index is 5.89. The molecule has 0 amide bonds.